The molecule has 0 saturated carbocycles. The molecule has 0 aliphatic carbocycles. The molecule has 0 saturated heterocycles. The Bertz CT molecular complexity index is 641. The molecule has 0 fully saturated rings. The molecule has 21 heavy (non-hydrogen) atoms. The Morgan fingerprint density at radius 2 is 2.33 bits per heavy atom. The standard InChI is InChI=1S/C14H15ClFN3O2/c1-2-9(7-20)18-14(21)10-6-17-19-13(10)8-3-4-12(16)11(15)5-8/h3-6,9,20H,2,7H2,1H3,(H,17,19)(H,18,21). The number of nitrogens with zero attached hydrogens (tertiary/aromatic N) is 1. The van der Waals surface area contributed by atoms with Gasteiger partial charge in [0.05, 0.1) is 35.1 Å². The van der Waals surface area contributed by atoms with Crippen molar-refractivity contribution in [1.29, 1.82) is 0 Å². The van der Waals surface area contributed by atoms with Crippen LogP contribution < -0.4 is 5.32 Å². The lowest BCUT2D eigenvalue weighted by atomic mass is 10.1. The molecule has 2 aromatic rings. The van der Waals surface area contributed by atoms with Crippen LogP contribution in [-0.2, 0) is 0 Å². The van der Waals surface area contributed by atoms with Gasteiger partial charge in [-0.2, -0.15) is 5.10 Å². The van der Waals surface area contributed by atoms with Gasteiger partial charge >= 0.3 is 0 Å². The van der Waals surface area contributed by atoms with E-state index in [1.165, 1.54) is 24.4 Å². The Balaban J connectivity index is 2.29. The Morgan fingerprint density at radius 1 is 1.57 bits per heavy atom. The van der Waals surface area contributed by atoms with E-state index in [9.17, 15) is 9.18 Å². The number of hydrogen-bond acceptors (Lipinski definition) is 3. The Kier molecular flexibility index (Phi) is 4.93. The molecule has 1 amide bonds. The number of carbonyl (C=O) groups excluding carboxylic acids is 1. The van der Waals surface area contributed by atoms with Crippen LogP contribution in [-0.4, -0.2) is 33.9 Å². The summed E-state index contributed by atoms with van der Waals surface area (Å²) in [4.78, 5) is 12.2. The number of halogens is 2. The molecule has 1 atom stereocenters. The van der Waals surface area contributed by atoms with E-state index in [2.05, 4.69) is 15.5 Å². The van der Waals surface area contributed by atoms with E-state index in [0.717, 1.165) is 0 Å². The fourth-order valence-corrected chi connectivity index (χ4v) is 2.05. The van der Waals surface area contributed by atoms with Gasteiger partial charge < -0.3 is 10.4 Å². The highest BCUT2D eigenvalue weighted by Gasteiger charge is 2.18. The third-order valence-corrected chi connectivity index (χ3v) is 3.43. The van der Waals surface area contributed by atoms with Gasteiger partial charge in [0.2, 0.25) is 0 Å². The quantitative estimate of drug-likeness (QED) is 0.793. The van der Waals surface area contributed by atoms with Gasteiger partial charge in [0.25, 0.3) is 5.91 Å². The maximum Gasteiger partial charge on any atom is 0.255 e. The SMILES string of the molecule is CCC(CO)NC(=O)c1cn[nH]c1-c1ccc(F)c(Cl)c1. The lowest BCUT2D eigenvalue weighted by molar-refractivity contribution is 0.0915. The number of H-pyrrole nitrogens is 1. The molecule has 0 bridgehead atoms. The molecule has 2 rings (SSSR count). The fraction of sp³-hybridized carbons (Fsp3) is 0.286. The summed E-state index contributed by atoms with van der Waals surface area (Å²) < 4.78 is 13.2. The third kappa shape index (κ3) is 3.40. The minimum absolute atomic E-state index is 0.0322. The van der Waals surface area contributed by atoms with Crippen molar-refractivity contribution in [2.75, 3.05) is 6.61 Å². The molecule has 7 heteroatoms. The second-order valence-electron chi connectivity index (χ2n) is 4.55. The van der Waals surface area contributed by atoms with Crippen LogP contribution in [0.5, 0.6) is 0 Å². The van der Waals surface area contributed by atoms with Crippen LogP contribution in [0.4, 0.5) is 4.39 Å². The maximum absolute atomic E-state index is 13.2. The Hall–Kier alpha value is -1.92. The summed E-state index contributed by atoms with van der Waals surface area (Å²) >= 11 is 5.75. The van der Waals surface area contributed by atoms with Crippen LogP contribution >= 0.6 is 11.6 Å². The molecule has 1 heterocycles. The predicted molar refractivity (Wildman–Crippen MR) is 77.6 cm³/mol. The first-order valence-electron chi connectivity index (χ1n) is 6.47. The highest BCUT2D eigenvalue weighted by Crippen LogP contribution is 2.25. The summed E-state index contributed by atoms with van der Waals surface area (Å²) in [7, 11) is 0. The molecule has 1 aromatic heterocycles. The average molecular weight is 312 g/mol. The van der Waals surface area contributed by atoms with Crippen LogP contribution in [0.15, 0.2) is 24.4 Å². The smallest absolute Gasteiger partial charge is 0.255 e. The lowest BCUT2D eigenvalue weighted by Crippen LogP contribution is -2.37. The summed E-state index contributed by atoms with van der Waals surface area (Å²) in [5.74, 6) is -0.891. The number of aromatic nitrogens is 2. The van der Waals surface area contributed by atoms with Crippen LogP contribution in [0, 0.1) is 5.82 Å². The second kappa shape index (κ2) is 6.69. The number of aromatic amines is 1. The van der Waals surface area contributed by atoms with Crippen molar-refractivity contribution < 1.29 is 14.3 Å². The zero-order chi connectivity index (χ0) is 15.4. The number of hydrogen-bond donors (Lipinski definition) is 3. The zero-order valence-electron chi connectivity index (χ0n) is 11.4. The Labute approximate surface area is 126 Å². The monoisotopic (exact) mass is 311 g/mol. The number of carbonyl (C=O) groups is 1. The molecule has 112 valence electrons. The van der Waals surface area contributed by atoms with Crippen LogP contribution in [0.1, 0.15) is 23.7 Å². The van der Waals surface area contributed by atoms with E-state index in [-0.39, 0.29) is 23.6 Å². The molecule has 3 N–H and O–H groups in total. The fourth-order valence-electron chi connectivity index (χ4n) is 1.87. The summed E-state index contributed by atoms with van der Waals surface area (Å²) in [5, 5.41) is 18.3. The minimum atomic E-state index is -0.530. The molecule has 0 aliphatic heterocycles. The maximum atomic E-state index is 13.2. The van der Waals surface area contributed by atoms with E-state index in [0.29, 0.717) is 23.2 Å². The van der Waals surface area contributed by atoms with Crippen molar-refractivity contribution in [1.82, 2.24) is 15.5 Å². The first-order chi connectivity index (χ1) is 10.1. The van der Waals surface area contributed by atoms with Gasteiger partial charge in [0, 0.05) is 5.56 Å². The van der Waals surface area contributed by atoms with Crippen molar-refractivity contribution >= 4 is 17.5 Å². The third-order valence-electron chi connectivity index (χ3n) is 3.14. The van der Waals surface area contributed by atoms with Crippen molar-refractivity contribution in [3.63, 3.8) is 0 Å². The molecule has 1 aromatic carbocycles. The molecule has 1 unspecified atom stereocenters. The zero-order valence-corrected chi connectivity index (χ0v) is 12.1. The summed E-state index contributed by atoms with van der Waals surface area (Å²) in [5.41, 5.74) is 1.31. The van der Waals surface area contributed by atoms with Crippen molar-refractivity contribution in [3.05, 3.63) is 40.8 Å². The van der Waals surface area contributed by atoms with Gasteiger partial charge in [-0.3, -0.25) is 9.89 Å². The van der Waals surface area contributed by atoms with E-state index in [1.807, 2.05) is 6.92 Å². The topological polar surface area (TPSA) is 78.0 Å². The second-order valence-corrected chi connectivity index (χ2v) is 4.96. The predicted octanol–water partition coefficient (Wildman–Crippen LogP) is 2.37. The highest BCUT2D eigenvalue weighted by atomic mass is 35.5. The van der Waals surface area contributed by atoms with Gasteiger partial charge in [-0.25, -0.2) is 4.39 Å². The van der Waals surface area contributed by atoms with Gasteiger partial charge in [0.1, 0.15) is 5.82 Å². The van der Waals surface area contributed by atoms with Crippen molar-refractivity contribution in [2.45, 2.75) is 19.4 Å². The van der Waals surface area contributed by atoms with Gasteiger partial charge in [0.15, 0.2) is 0 Å². The van der Waals surface area contributed by atoms with Gasteiger partial charge in [-0.05, 0) is 24.6 Å². The largest absolute Gasteiger partial charge is 0.394 e. The number of aliphatic hydroxyl groups is 1. The van der Waals surface area contributed by atoms with Crippen LogP contribution in [0.3, 0.4) is 0 Å². The first kappa shape index (κ1) is 15.5. The molecule has 0 spiro atoms. The summed E-state index contributed by atoms with van der Waals surface area (Å²) in [6, 6.07) is 3.83. The minimum Gasteiger partial charge on any atom is -0.394 e. The van der Waals surface area contributed by atoms with Gasteiger partial charge in [-0.15, -0.1) is 0 Å². The normalized spacial score (nSPS) is 12.2. The summed E-state index contributed by atoms with van der Waals surface area (Å²) in [6.45, 7) is 1.72. The lowest BCUT2D eigenvalue weighted by Gasteiger charge is -2.13. The van der Waals surface area contributed by atoms with Crippen molar-refractivity contribution in [2.24, 2.45) is 0 Å². The number of aliphatic hydroxyl groups excluding tert-OH is 1. The first-order valence-corrected chi connectivity index (χ1v) is 6.85. The number of nitrogens with one attached hydrogen (secondary N) is 2. The molecule has 5 nitrogen and oxygen atoms in total. The molecular weight excluding hydrogens is 297 g/mol. The molecular formula is C14H15ClFN3O2. The number of amides is 1. The van der Waals surface area contributed by atoms with E-state index >= 15 is 0 Å². The van der Waals surface area contributed by atoms with Gasteiger partial charge in [-0.1, -0.05) is 18.5 Å². The van der Waals surface area contributed by atoms with E-state index in [1.54, 1.807) is 0 Å². The Morgan fingerprint density at radius 3 is 2.95 bits per heavy atom. The van der Waals surface area contributed by atoms with E-state index < -0.39 is 5.82 Å². The number of benzene rings is 1. The van der Waals surface area contributed by atoms with Crippen molar-refractivity contribution in [3.8, 4) is 11.3 Å². The highest BCUT2D eigenvalue weighted by molar-refractivity contribution is 6.31. The average Bonchev–Trinajstić information content (AvgIpc) is 2.97. The molecule has 0 radical (unpaired) electrons. The van der Waals surface area contributed by atoms with Crippen LogP contribution in [0.2, 0.25) is 5.02 Å². The van der Waals surface area contributed by atoms with Crippen LogP contribution in [0.25, 0.3) is 11.3 Å². The summed E-state index contributed by atoms with van der Waals surface area (Å²) in [6.07, 6.45) is 1.99. The van der Waals surface area contributed by atoms with E-state index in [4.69, 9.17) is 16.7 Å². The number of rotatable bonds is 5. The molecule has 0 aliphatic rings.